The first-order chi connectivity index (χ1) is 15.9. The SMILES string of the molecule is C.CC(=O)NC[C@H]1CN(c2ccc(-c3ccn4c(C(=O)CCCO)cnc4c3)c(F)c2)C(=O)O1. The van der Waals surface area contributed by atoms with E-state index in [1.807, 2.05) is 0 Å². The number of nitrogens with zero attached hydrogens (tertiary/aromatic N) is 3. The van der Waals surface area contributed by atoms with Crippen LogP contribution in [0.2, 0.25) is 0 Å². The molecule has 3 aromatic rings. The number of carbonyl (C=O) groups excluding carboxylic acids is 3. The van der Waals surface area contributed by atoms with Crippen LogP contribution in [0.4, 0.5) is 14.9 Å². The normalized spacial score (nSPS) is 15.2. The van der Waals surface area contributed by atoms with Gasteiger partial charge in [0.15, 0.2) is 5.78 Å². The number of pyridine rings is 1. The van der Waals surface area contributed by atoms with Gasteiger partial charge >= 0.3 is 6.09 Å². The fraction of sp³-hybridized carbons (Fsp3) is 0.333. The largest absolute Gasteiger partial charge is 0.442 e. The maximum atomic E-state index is 15.0. The number of amides is 2. The molecule has 0 unspecified atom stereocenters. The van der Waals surface area contributed by atoms with Crippen molar-refractivity contribution >= 4 is 29.1 Å². The highest BCUT2D eigenvalue weighted by Gasteiger charge is 2.32. The minimum atomic E-state index is -0.602. The standard InChI is InChI=1S/C23H23FN4O5.CH4/c1-14(30)25-11-17-13-28(23(32)33-17)16-4-5-18(19(24)10-16)15-6-7-27-20(12-26-22(27)9-15)21(31)3-2-8-29;/h4-7,9-10,12,17,29H,2-3,8,11,13H2,1H3,(H,25,30);1H4/t17-;/m0./s1. The fourth-order valence-electron chi connectivity index (χ4n) is 3.72. The molecule has 0 aliphatic carbocycles. The second-order valence-electron chi connectivity index (χ2n) is 7.76. The summed E-state index contributed by atoms with van der Waals surface area (Å²) < 4.78 is 21.9. The minimum Gasteiger partial charge on any atom is -0.442 e. The van der Waals surface area contributed by atoms with Gasteiger partial charge < -0.3 is 15.2 Å². The lowest BCUT2D eigenvalue weighted by Gasteiger charge is -2.14. The van der Waals surface area contributed by atoms with Crippen molar-refractivity contribution in [2.24, 2.45) is 0 Å². The van der Waals surface area contributed by atoms with Gasteiger partial charge in [0, 0.05) is 31.7 Å². The van der Waals surface area contributed by atoms with Crippen molar-refractivity contribution in [2.45, 2.75) is 33.3 Å². The number of imidazole rings is 1. The molecule has 1 aliphatic rings. The molecule has 2 amide bonds. The van der Waals surface area contributed by atoms with Crippen LogP contribution < -0.4 is 10.2 Å². The van der Waals surface area contributed by atoms with Crippen molar-refractivity contribution < 1.29 is 28.6 Å². The van der Waals surface area contributed by atoms with Gasteiger partial charge in [-0.25, -0.2) is 14.2 Å². The maximum absolute atomic E-state index is 15.0. The molecule has 0 radical (unpaired) electrons. The molecule has 2 aromatic heterocycles. The van der Waals surface area contributed by atoms with Gasteiger partial charge in [-0.2, -0.15) is 0 Å². The Morgan fingerprint density at radius 1 is 1.29 bits per heavy atom. The Balaban J connectivity index is 0.00000324. The van der Waals surface area contributed by atoms with Crippen LogP contribution in [0.5, 0.6) is 0 Å². The van der Waals surface area contributed by atoms with Crippen LogP contribution in [0.15, 0.2) is 42.7 Å². The number of rotatable bonds is 8. The molecular formula is C24H27FN4O5. The van der Waals surface area contributed by atoms with Crippen LogP contribution in [0.3, 0.4) is 0 Å². The minimum absolute atomic E-state index is 0. The molecule has 0 spiro atoms. The zero-order valence-corrected chi connectivity index (χ0v) is 18.0. The summed E-state index contributed by atoms with van der Waals surface area (Å²) >= 11 is 0. The van der Waals surface area contributed by atoms with Crippen LogP contribution in [-0.2, 0) is 9.53 Å². The average molecular weight is 471 g/mol. The number of nitrogens with one attached hydrogen (secondary N) is 1. The summed E-state index contributed by atoms with van der Waals surface area (Å²) in [5.41, 5.74) is 2.14. The molecular weight excluding hydrogens is 443 g/mol. The van der Waals surface area contributed by atoms with Crippen molar-refractivity contribution in [3.63, 3.8) is 0 Å². The average Bonchev–Trinajstić information content (AvgIpc) is 3.38. The number of aliphatic hydroxyl groups excluding tert-OH is 1. The molecule has 3 heterocycles. The number of aliphatic hydroxyl groups is 1. The Labute approximate surface area is 196 Å². The zero-order chi connectivity index (χ0) is 23.5. The van der Waals surface area contributed by atoms with Gasteiger partial charge in [0.1, 0.15) is 23.3 Å². The summed E-state index contributed by atoms with van der Waals surface area (Å²) in [6.07, 6.45) is 2.60. The number of anilines is 1. The molecule has 4 rings (SSSR count). The quantitative estimate of drug-likeness (QED) is 0.489. The van der Waals surface area contributed by atoms with Crippen molar-refractivity contribution in [1.82, 2.24) is 14.7 Å². The van der Waals surface area contributed by atoms with Crippen LogP contribution in [0.1, 0.15) is 37.7 Å². The molecule has 2 N–H and O–H groups in total. The van der Waals surface area contributed by atoms with Crippen LogP contribution >= 0.6 is 0 Å². The molecule has 10 heteroatoms. The van der Waals surface area contributed by atoms with E-state index in [2.05, 4.69) is 10.3 Å². The Hall–Kier alpha value is -3.79. The number of ether oxygens (including phenoxy) is 1. The molecule has 1 saturated heterocycles. The molecule has 34 heavy (non-hydrogen) atoms. The van der Waals surface area contributed by atoms with Crippen LogP contribution in [0.25, 0.3) is 16.8 Å². The van der Waals surface area contributed by atoms with E-state index in [9.17, 15) is 18.8 Å². The highest BCUT2D eigenvalue weighted by Crippen LogP contribution is 2.30. The lowest BCUT2D eigenvalue weighted by Crippen LogP contribution is -2.33. The van der Waals surface area contributed by atoms with Crippen LogP contribution in [-0.4, -0.2) is 58.1 Å². The van der Waals surface area contributed by atoms with Crippen molar-refractivity contribution in [3.8, 4) is 11.1 Å². The molecule has 1 fully saturated rings. The van der Waals surface area contributed by atoms with E-state index < -0.39 is 18.0 Å². The Bertz CT molecular complexity index is 1230. The van der Waals surface area contributed by atoms with E-state index in [0.717, 1.165) is 0 Å². The molecule has 9 nitrogen and oxygen atoms in total. The second-order valence-corrected chi connectivity index (χ2v) is 7.76. The summed E-state index contributed by atoms with van der Waals surface area (Å²) in [7, 11) is 0. The number of halogens is 1. The second kappa shape index (κ2) is 10.4. The predicted molar refractivity (Wildman–Crippen MR) is 124 cm³/mol. The number of aromatic nitrogens is 2. The lowest BCUT2D eigenvalue weighted by molar-refractivity contribution is -0.119. The topological polar surface area (TPSA) is 113 Å². The van der Waals surface area contributed by atoms with Gasteiger partial charge in [0.2, 0.25) is 5.91 Å². The number of carbonyl (C=O) groups is 3. The molecule has 1 aromatic carbocycles. The summed E-state index contributed by atoms with van der Waals surface area (Å²) in [4.78, 5) is 41.1. The predicted octanol–water partition coefficient (Wildman–Crippen LogP) is 3.19. The van der Waals surface area contributed by atoms with Gasteiger partial charge in [0.05, 0.1) is 25.0 Å². The Kier molecular flexibility index (Phi) is 7.62. The third-order valence-corrected chi connectivity index (χ3v) is 5.39. The third-order valence-electron chi connectivity index (χ3n) is 5.39. The first-order valence-electron chi connectivity index (χ1n) is 10.5. The van der Waals surface area contributed by atoms with Gasteiger partial charge in [0.25, 0.3) is 0 Å². The maximum Gasteiger partial charge on any atom is 0.414 e. The summed E-state index contributed by atoms with van der Waals surface area (Å²) in [5.74, 6) is -0.883. The first kappa shape index (κ1) is 24.8. The molecule has 180 valence electrons. The molecule has 0 bridgehead atoms. The number of cyclic esters (lactones) is 1. The summed E-state index contributed by atoms with van der Waals surface area (Å²) in [6.45, 7) is 1.70. The molecule has 1 aliphatic heterocycles. The summed E-state index contributed by atoms with van der Waals surface area (Å²) in [5, 5.41) is 11.5. The number of fused-ring (bicyclic) bond motifs is 1. The van der Waals surface area contributed by atoms with Crippen molar-refractivity contribution in [3.05, 3.63) is 54.2 Å². The first-order valence-corrected chi connectivity index (χ1v) is 10.5. The van der Waals surface area contributed by atoms with Crippen molar-refractivity contribution in [1.29, 1.82) is 0 Å². The molecule has 1 atom stereocenters. The highest BCUT2D eigenvalue weighted by molar-refractivity contribution is 5.95. The van der Waals surface area contributed by atoms with Gasteiger partial charge in [-0.05, 0) is 42.3 Å². The van der Waals surface area contributed by atoms with E-state index in [0.29, 0.717) is 34.6 Å². The summed E-state index contributed by atoms with van der Waals surface area (Å²) in [6, 6.07) is 7.82. The highest BCUT2D eigenvalue weighted by atomic mass is 19.1. The monoisotopic (exact) mass is 470 g/mol. The van der Waals surface area contributed by atoms with Crippen LogP contribution in [0, 0.1) is 5.82 Å². The van der Waals surface area contributed by atoms with E-state index in [1.165, 1.54) is 24.1 Å². The van der Waals surface area contributed by atoms with Crippen molar-refractivity contribution in [2.75, 3.05) is 24.6 Å². The van der Waals surface area contributed by atoms with E-state index >= 15 is 0 Å². The number of ketones is 1. The van der Waals surface area contributed by atoms with E-state index in [1.54, 1.807) is 34.9 Å². The smallest absolute Gasteiger partial charge is 0.414 e. The van der Waals surface area contributed by atoms with Gasteiger partial charge in [-0.3, -0.25) is 18.9 Å². The van der Waals surface area contributed by atoms with E-state index in [-0.39, 0.29) is 45.2 Å². The number of hydrogen-bond donors (Lipinski definition) is 2. The Morgan fingerprint density at radius 2 is 2.09 bits per heavy atom. The number of hydrogen-bond acceptors (Lipinski definition) is 6. The van der Waals surface area contributed by atoms with Gasteiger partial charge in [-0.1, -0.05) is 7.43 Å². The lowest BCUT2D eigenvalue weighted by atomic mass is 10.1. The van der Waals surface area contributed by atoms with Gasteiger partial charge in [-0.15, -0.1) is 0 Å². The number of benzene rings is 1. The van der Waals surface area contributed by atoms with E-state index in [4.69, 9.17) is 9.84 Å². The third kappa shape index (κ3) is 5.07. The number of Topliss-reactive ketones (excluding diaryl/α,β-unsaturated/α-hetero) is 1. The molecule has 0 saturated carbocycles. The zero-order valence-electron chi connectivity index (χ0n) is 18.0. The Morgan fingerprint density at radius 3 is 2.79 bits per heavy atom. The fourth-order valence-corrected chi connectivity index (χ4v) is 3.72.